The highest BCUT2D eigenvalue weighted by Crippen LogP contribution is 2.25. The minimum atomic E-state index is -3.46. The smallest absolute Gasteiger partial charge is 0.253 e. The first kappa shape index (κ1) is 19.4. The zero-order chi connectivity index (χ0) is 18.9. The number of carbonyl (C=O) groups is 1. The second-order valence-corrected chi connectivity index (χ2v) is 10.2. The number of amides is 1. The molecule has 0 unspecified atom stereocenters. The van der Waals surface area contributed by atoms with Crippen molar-refractivity contribution in [2.24, 2.45) is 17.8 Å². The lowest BCUT2D eigenvalue weighted by Gasteiger charge is -2.35. The van der Waals surface area contributed by atoms with Crippen molar-refractivity contribution in [1.82, 2.24) is 9.21 Å². The number of sulfonamides is 1. The van der Waals surface area contributed by atoms with Gasteiger partial charge in [-0.1, -0.05) is 20.8 Å². The van der Waals surface area contributed by atoms with Crippen LogP contribution in [0.3, 0.4) is 0 Å². The Morgan fingerprint density at radius 2 is 1.46 bits per heavy atom. The second kappa shape index (κ2) is 7.69. The van der Waals surface area contributed by atoms with Crippen molar-refractivity contribution in [1.29, 1.82) is 0 Å². The molecule has 2 fully saturated rings. The van der Waals surface area contributed by atoms with E-state index < -0.39 is 10.0 Å². The highest BCUT2D eigenvalue weighted by atomic mass is 32.2. The van der Waals surface area contributed by atoms with Gasteiger partial charge in [0.15, 0.2) is 0 Å². The van der Waals surface area contributed by atoms with Gasteiger partial charge in [-0.3, -0.25) is 4.79 Å². The van der Waals surface area contributed by atoms with Crippen LogP contribution in [0.1, 0.15) is 50.4 Å². The van der Waals surface area contributed by atoms with E-state index in [1.807, 2.05) is 4.90 Å². The molecule has 2 saturated heterocycles. The number of benzene rings is 1. The Bertz CT molecular complexity index is 727. The third-order valence-corrected chi connectivity index (χ3v) is 7.55. The van der Waals surface area contributed by atoms with Crippen molar-refractivity contribution in [3.05, 3.63) is 29.8 Å². The van der Waals surface area contributed by atoms with Gasteiger partial charge in [-0.2, -0.15) is 4.31 Å². The fourth-order valence-corrected chi connectivity index (χ4v) is 5.62. The molecule has 26 heavy (non-hydrogen) atoms. The third-order valence-electron chi connectivity index (χ3n) is 5.64. The first-order chi connectivity index (χ1) is 12.3. The van der Waals surface area contributed by atoms with Gasteiger partial charge in [0.1, 0.15) is 0 Å². The molecule has 2 atom stereocenters. The van der Waals surface area contributed by atoms with Crippen LogP contribution in [0.25, 0.3) is 0 Å². The number of carbonyl (C=O) groups excluding carboxylic acids is 1. The Balaban J connectivity index is 1.72. The van der Waals surface area contributed by atoms with Gasteiger partial charge < -0.3 is 4.90 Å². The van der Waals surface area contributed by atoms with Crippen LogP contribution in [0.2, 0.25) is 0 Å². The lowest BCUT2D eigenvalue weighted by Crippen LogP contribution is -2.42. The van der Waals surface area contributed by atoms with E-state index in [4.69, 9.17) is 0 Å². The number of rotatable bonds is 3. The lowest BCUT2D eigenvalue weighted by molar-refractivity contribution is 0.0623. The summed E-state index contributed by atoms with van der Waals surface area (Å²) < 4.78 is 27.2. The number of hydrogen-bond acceptors (Lipinski definition) is 3. The largest absolute Gasteiger partial charge is 0.338 e. The second-order valence-electron chi connectivity index (χ2n) is 8.27. The number of hydrogen-bond donors (Lipinski definition) is 0. The molecule has 0 aromatic heterocycles. The maximum Gasteiger partial charge on any atom is 0.253 e. The van der Waals surface area contributed by atoms with E-state index in [1.165, 1.54) is 0 Å². The summed E-state index contributed by atoms with van der Waals surface area (Å²) in [6.45, 7) is 9.20. The molecule has 3 rings (SSSR count). The maximum atomic E-state index is 12.8. The Kier molecular flexibility index (Phi) is 5.72. The first-order valence-corrected chi connectivity index (χ1v) is 11.1. The van der Waals surface area contributed by atoms with Crippen molar-refractivity contribution in [2.75, 3.05) is 26.2 Å². The first-order valence-electron chi connectivity index (χ1n) is 9.67. The molecule has 2 heterocycles. The SMILES string of the molecule is CC1CCN(S(=O)(=O)c2ccc(C(=O)N3C[C@H](C)C[C@H](C)C3)cc2)CC1. The van der Waals surface area contributed by atoms with E-state index in [2.05, 4.69) is 20.8 Å². The highest BCUT2D eigenvalue weighted by molar-refractivity contribution is 7.89. The number of nitrogens with zero attached hydrogens (tertiary/aromatic N) is 2. The topological polar surface area (TPSA) is 57.7 Å². The fraction of sp³-hybridized carbons (Fsp3) is 0.650. The molecule has 0 spiro atoms. The molecule has 0 N–H and O–H groups in total. The van der Waals surface area contributed by atoms with Crippen molar-refractivity contribution >= 4 is 15.9 Å². The molecule has 2 aliphatic heterocycles. The van der Waals surface area contributed by atoms with Crippen molar-refractivity contribution < 1.29 is 13.2 Å². The van der Waals surface area contributed by atoms with Crippen LogP contribution in [0.4, 0.5) is 0 Å². The van der Waals surface area contributed by atoms with Gasteiger partial charge in [0.25, 0.3) is 5.91 Å². The Morgan fingerprint density at radius 1 is 0.923 bits per heavy atom. The predicted octanol–water partition coefficient (Wildman–Crippen LogP) is 3.23. The molecular formula is C20H30N2O3S. The van der Waals surface area contributed by atoms with Crippen LogP contribution in [-0.4, -0.2) is 49.7 Å². The Morgan fingerprint density at radius 3 is 2.00 bits per heavy atom. The maximum absolute atomic E-state index is 12.8. The number of likely N-dealkylation sites (tertiary alicyclic amines) is 1. The summed E-state index contributed by atoms with van der Waals surface area (Å²) in [4.78, 5) is 14.9. The van der Waals surface area contributed by atoms with Crippen LogP contribution >= 0.6 is 0 Å². The molecule has 0 bridgehead atoms. The average Bonchev–Trinajstić information content (AvgIpc) is 2.61. The van der Waals surface area contributed by atoms with Gasteiger partial charge in [0, 0.05) is 31.7 Å². The van der Waals surface area contributed by atoms with Crippen LogP contribution in [0, 0.1) is 17.8 Å². The molecule has 1 aromatic rings. The summed E-state index contributed by atoms with van der Waals surface area (Å²) in [5.41, 5.74) is 0.567. The van der Waals surface area contributed by atoms with E-state index in [1.54, 1.807) is 28.6 Å². The monoisotopic (exact) mass is 378 g/mol. The summed E-state index contributed by atoms with van der Waals surface area (Å²) in [6, 6.07) is 6.48. The average molecular weight is 379 g/mol. The Labute approximate surface area is 157 Å². The van der Waals surface area contributed by atoms with E-state index in [9.17, 15) is 13.2 Å². The predicted molar refractivity (Wildman–Crippen MR) is 102 cm³/mol. The van der Waals surface area contributed by atoms with Gasteiger partial charge in [-0.25, -0.2) is 8.42 Å². The van der Waals surface area contributed by atoms with Crippen molar-refractivity contribution in [3.63, 3.8) is 0 Å². The molecule has 1 amide bonds. The quantitative estimate of drug-likeness (QED) is 0.811. The molecule has 6 heteroatoms. The molecular weight excluding hydrogens is 348 g/mol. The molecule has 0 radical (unpaired) electrons. The van der Waals surface area contributed by atoms with Crippen LogP contribution in [-0.2, 0) is 10.0 Å². The minimum Gasteiger partial charge on any atom is -0.338 e. The Hall–Kier alpha value is -1.40. The highest BCUT2D eigenvalue weighted by Gasteiger charge is 2.29. The summed E-state index contributed by atoms with van der Waals surface area (Å²) in [7, 11) is -3.46. The summed E-state index contributed by atoms with van der Waals surface area (Å²) >= 11 is 0. The molecule has 2 aliphatic rings. The lowest BCUT2D eigenvalue weighted by atomic mass is 9.91. The van der Waals surface area contributed by atoms with Crippen LogP contribution < -0.4 is 0 Å². The fourth-order valence-electron chi connectivity index (χ4n) is 4.16. The van der Waals surface area contributed by atoms with Gasteiger partial charge in [0.2, 0.25) is 10.0 Å². The van der Waals surface area contributed by atoms with E-state index in [0.29, 0.717) is 36.4 Å². The third kappa shape index (κ3) is 4.12. The molecule has 5 nitrogen and oxygen atoms in total. The molecule has 0 saturated carbocycles. The van der Waals surface area contributed by atoms with E-state index in [0.717, 1.165) is 32.4 Å². The standard InChI is InChI=1S/C20H30N2O3S/c1-15-8-10-22(11-9-15)26(24,25)19-6-4-18(5-7-19)20(23)21-13-16(2)12-17(3)14-21/h4-7,15-17H,8-14H2,1-3H3/t16-,17+. The van der Waals surface area contributed by atoms with Crippen LogP contribution in [0.5, 0.6) is 0 Å². The van der Waals surface area contributed by atoms with Gasteiger partial charge >= 0.3 is 0 Å². The summed E-state index contributed by atoms with van der Waals surface area (Å²) in [5.74, 6) is 1.59. The number of piperidine rings is 2. The molecule has 0 aliphatic carbocycles. The van der Waals surface area contributed by atoms with E-state index in [-0.39, 0.29) is 10.8 Å². The van der Waals surface area contributed by atoms with Crippen molar-refractivity contribution in [3.8, 4) is 0 Å². The van der Waals surface area contributed by atoms with E-state index >= 15 is 0 Å². The van der Waals surface area contributed by atoms with Crippen LogP contribution in [0.15, 0.2) is 29.2 Å². The van der Waals surface area contributed by atoms with Gasteiger partial charge in [-0.05, 0) is 61.3 Å². The minimum absolute atomic E-state index is 0.000791. The summed E-state index contributed by atoms with van der Waals surface area (Å²) in [5, 5.41) is 0. The van der Waals surface area contributed by atoms with Crippen molar-refractivity contribution in [2.45, 2.75) is 44.9 Å². The molecule has 1 aromatic carbocycles. The molecule has 144 valence electrons. The summed E-state index contributed by atoms with van der Waals surface area (Å²) in [6.07, 6.45) is 2.96. The van der Waals surface area contributed by atoms with Gasteiger partial charge in [0.05, 0.1) is 4.90 Å². The zero-order valence-corrected chi connectivity index (χ0v) is 16.8. The normalized spacial score (nSPS) is 26.0. The van der Waals surface area contributed by atoms with Gasteiger partial charge in [-0.15, -0.1) is 0 Å². The zero-order valence-electron chi connectivity index (χ0n) is 16.0.